The molecule has 0 amide bonds. The number of H-pyrrole nitrogens is 1. The van der Waals surface area contributed by atoms with Crippen LogP contribution < -0.4 is 5.56 Å². The number of nitrogens with one attached hydrogen (secondary N) is 1. The second-order valence-electron chi connectivity index (χ2n) is 4.06. The predicted molar refractivity (Wildman–Crippen MR) is 72.8 cm³/mol. The molecule has 0 aliphatic carbocycles. The van der Waals surface area contributed by atoms with E-state index in [4.69, 9.17) is 11.6 Å². The van der Waals surface area contributed by atoms with Gasteiger partial charge in [-0.15, -0.1) is 0 Å². The Morgan fingerprint density at radius 3 is 2.74 bits per heavy atom. The number of nitrogens with zero attached hydrogens (tertiary/aromatic N) is 1. The average molecular weight is 275 g/mol. The zero-order valence-electron chi connectivity index (χ0n) is 9.65. The zero-order valence-corrected chi connectivity index (χ0v) is 10.4. The molecule has 0 aliphatic rings. The highest BCUT2D eigenvalue weighted by Gasteiger charge is 2.09. The van der Waals surface area contributed by atoms with E-state index < -0.39 is 5.82 Å². The lowest BCUT2D eigenvalue weighted by Gasteiger charge is -2.05. The molecule has 0 spiro atoms. The van der Waals surface area contributed by atoms with Crippen LogP contribution in [-0.4, -0.2) is 9.97 Å². The molecule has 3 nitrogen and oxygen atoms in total. The number of halogens is 2. The van der Waals surface area contributed by atoms with Crippen molar-refractivity contribution < 1.29 is 4.39 Å². The van der Waals surface area contributed by atoms with Crippen LogP contribution in [0.3, 0.4) is 0 Å². The van der Waals surface area contributed by atoms with Crippen molar-refractivity contribution in [1.29, 1.82) is 0 Å². The van der Waals surface area contributed by atoms with Crippen LogP contribution in [0.1, 0.15) is 0 Å². The van der Waals surface area contributed by atoms with E-state index in [0.717, 1.165) is 0 Å². The van der Waals surface area contributed by atoms with Gasteiger partial charge in [0.25, 0.3) is 5.56 Å². The smallest absolute Gasteiger partial charge is 0.259 e. The second kappa shape index (κ2) is 4.48. The van der Waals surface area contributed by atoms with E-state index in [0.29, 0.717) is 22.3 Å². The molecule has 0 bridgehead atoms. The fourth-order valence-corrected chi connectivity index (χ4v) is 2.15. The SMILES string of the molecule is O=c1[nH]c(-c2ccc(F)cc2Cl)nc2ccccc12. The lowest BCUT2D eigenvalue weighted by molar-refractivity contribution is 0.628. The van der Waals surface area contributed by atoms with Gasteiger partial charge in [0.05, 0.1) is 15.9 Å². The van der Waals surface area contributed by atoms with Gasteiger partial charge in [-0.2, -0.15) is 0 Å². The number of fused-ring (bicyclic) bond motifs is 1. The van der Waals surface area contributed by atoms with Crippen molar-refractivity contribution >= 4 is 22.5 Å². The molecule has 0 atom stereocenters. The van der Waals surface area contributed by atoms with E-state index in [2.05, 4.69) is 9.97 Å². The third-order valence-corrected chi connectivity index (χ3v) is 3.11. The summed E-state index contributed by atoms with van der Waals surface area (Å²) in [6.45, 7) is 0. The Bertz CT molecular complexity index is 829. The molecule has 0 saturated carbocycles. The number of hydrogen-bond donors (Lipinski definition) is 1. The number of hydrogen-bond acceptors (Lipinski definition) is 2. The summed E-state index contributed by atoms with van der Waals surface area (Å²) in [6, 6.07) is 10.9. The van der Waals surface area contributed by atoms with Crippen molar-refractivity contribution in [2.75, 3.05) is 0 Å². The highest BCUT2D eigenvalue weighted by molar-refractivity contribution is 6.33. The summed E-state index contributed by atoms with van der Waals surface area (Å²) in [4.78, 5) is 18.9. The molecule has 0 radical (unpaired) electrons. The van der Waals surface area contributed by atoms with Gasteiger partial charge in [0, 0.05) is 5.56 Å². The second-order valence-corrected chi connectivity index (χ2v) is 4.46. The van der Waals surface area contributed by atoms with E-state index >= 15 is 0 Å². The van der Waals surface area contributed by atoms with Crippen LogP contribution in [-0.2, 0) is 0 Å². The number of rotatable bonds is 1. The van der Waals surface area contributed by atoms with Crippen LogP contribution in [0.15, 0.2) is 47.3 Å². The summed E-state index contributed by atoms with van der Waals surface area (Å²) in [5, 5.41) is 0.711. The maximum absolute atomic E-state index is 13.0. The summed E-state index contributed by atoms with van der Waals surface area (Å²) in [7, 11) is 0. The predicted octanol–water partition coefficient (Wildman–Crippen LogP) is 3.38. The van der Waals surface area contributed by atoms with Gasteiger partial charge in [0.1, 0.15) is 11.6 Å². The summed E-state index contributed by atoms with van der Waals surface area (Å²) in [5.41, 5.74) is 0.813. The van der Waals surface area contributed by atoms with Crippen LogP contribution in [0.5, 0.6) is 0 Å². The lowest BCUT2D eigenvalue weighted by Crippen LogP contribution is -2.09. The highest BCUT2D eigenvalue weighted by atomic mass is 35.5. The number of benzene rings is 2. The third-order valence-electron chi connectivity index (χ3n) is 2.80. The molecule has 0 aliphatic heterocycles. The van der Waals surface area contributed by atoms with Gasteiger partial charge >= 0.3 is 0 Å². The van der Waals surface area contributed by atoms with Crippen molar-refractivity contribution in [3.8, 4) is 11.4 Å². The fourth-order valence-electron chi connectivity index (χ4n) is 1.90. The molecule has 1 N–H and O–H groups in total. The minimum Gasteiger partial charge on any atom is -0.306 e. The maximum atomic E-state index is 13.0. The average Bonchev–Trinajstić information content (AvgIpc) is 2.38. The molecule has 5 heteroatoms. The van der Waals surface area contributed by atoms with Crippen molar-refractivity contribution in [3.05, 3.63) is 63.7 Å². The van der Waals surface area contributed by atoms with Gasteiger partial charge in [0.15, 0.2) is 0 Å². The largest absolute Gasteiger partial charge is 0.306 e. The summed E-state index contributed by atoms with van der Waals surface area (Å²) < 4.78 is 13.0. The Balaban J connectivity index is 2.28. The van der Waals surface area contributed by atoms with E-state index in [-0.39, 0.29) is 10.6 Å². The Morgan fingerprint density at radius 1 is 1.16 bits per heavy atom. The number of aromatic nitrogens is 2. The van der Waals surface area contributed by atoms with Crippen molar-refractivity contribution in [3.63, 3.8) is 0 Å². The summed E-state index contributed by atoms with van der Waals surface area (Å²) in [6.07, 6.45) is 0. The van der Waals surface area contributed by atoms with E-state index in [1.165, 1.54) is 18.2 Å². The molecule has 1 heterocycles. The van der Waals surface area contributed by atoms with Crippen LogP contribution in [0, 0.1) is 5.82 Å². The van der Waals surface area contributed by atoms with Gasteiger partial charge in [0.2, 0.25) is 0 Å². The molecular formula is C14H8ClFN2O. The number of para-hydroxylation sites is 1. The Labute approximate surface area is 112 Å². The molecule has 94 valence electrons. The van der Waals surface area contributed by atoms with Gasteiger partial charge in [-0.25, -0.2) is 9.37 Å². The minimum atomic E-state index is -0.433. The standard InChI is InChI=1S/C14H8ClFN2O/c15-11-7-8(16)5-6-9(11)13-17-12-4-2-1-3-10(12)14(19)18-13/h1-7H,(H,17,18,19). The van der Waals surface area contributed by atoms with Gasteiger partial charge in [-0.1, -0.05) is 23.7 Å². The number of aromatic amines is 1. The topological polar surface area (TPSA) is 45.8 Å². The Morgan fingerprint density at radius 2 is 1.95 bits per heavy atom. The van der Waals surface area contributed by atoms with Gasteiger partial charge in [-0.3, -0.25) is 4.79 Å². The van der Waals surface area contributed by atoms with Crippen molar-refractivity contribution in [2.45, 2.75) is 0 Å². The first-order valence-corrected chi connectivity index (χ1v) is 5.97. The first-order chi connectivity index (χ1) is 9.15. The maximum Gasteiger partial charge on any atom is 0.259 e. The van der Waals surface area contributed by atoms with Gasteiger partial charge < -0.3 is 4.98 Å². The van der Waals surface area contributed by atoms with Crippen LogP contribution >= 0.6 is 11.6 Å². The van der Waals surface area contributed by atoms with Crippen molar-refractivity contribution in [2.24, 2.45) is 0 Å². The fraction of sp³-hybridized carbons (Fsp3) is 0. The molecule has 19 heavy (non-hydrogen) atoms. The molecule has 3 rings (SSSR count). The highest BCUT2D eigenvalue weighted by Crippen LogP contribution is 2.25. The molecular weight excluding hydrogens is 267 g/mol. The molecule has 0 fully saturated rings. The summed E-state index contributed by atoms with van der Waals surface area (Å²) in [5.74, 6) is -0.106. The van der Waals surface area contributed by atoms with Gasteiger partial charge in [-0.05, 0) is 30.3 Å². The quantitative estimate of drug-likeness (QED) is 0.739. The van der Waals surface area contributed by atoms with E-state index in [1.54, 1.807) is 24.3 Å². The molecule has 0 saturated heterocycles. The third kappa shape index (κ3) is 2.11. The summed E-state index contributed by atoms with van der Waals surface area (Å²) >= 11 is 5.97. The first-order valence-electron chi connectivity index (χ1n) is 5.59. The molecule has 3 aromatic rings. The lowest BCUT2D eigenvalue weighted by atomic mass is 10.2. The van der Waals surface area contributed by atoms with Crippen molar-refractivity contribution in [1.82, 2.24) is 9.97 Å². The van der Waals surface area contributed by atoms with Crippen LogP contribution in [0.2, 0.25) is 5.02 Å². The van der Waals surface area contributed by atoms with E-state index in [9.17, 15) is 9.18 Å². The Hall–Kier alpha value is -2.20. The zero-order chi connectivity index (χ0) is 13.4. The van der Waals surface area contributed by atoms with Crippen LogP contribution in [0.4, 0.5) is 4.39 Å². The van der Waals surface area contributed by atoms with Crippen LogP contribution in [0.25, 0.3) is 22.3 Å². The normalized spacial score (nSPS) is 10.8. The first kappa shape index (κ1) is 11.9. The molecule has 1 aromatic heterocycles. The molecule has 2 aromatic carbocycles. The molecule has 0 unspecified atom stereocenters. The minimum absolute atomic E-state index is 0.207. The monoisotopic (exact) mass is 274 g/mol. The van der Waals surface area contributed by atoms with E-state index in [1.807, 2.05) is 0 Å². The Kier molecular flexibility index (Phi) is 2.80.